The summed E-state index contributed by atoms with van der Waals surface area (Å²) in [6.45, 7) is 3.93. The molecule has 1 unspecified atom stereocenters. The molecular formula is C15H19IN2O2. The molecule has 20 heavy (non-hydrogen) atoms. The third kappa shape index (κ3) is 4.28. The van der Waals surface area contributed by atoms with Crippen LogP contribution in [0.25, 0.3) is 0 Å². The minimum atomic E-state index is -0.0131. The Bertz CT molecular complexity index is 505. The van der Waals surface area contributed by atoms with E-state index in [1.807, 2.05) is 25.1 Å². The van der Waals surface area contributed by atoms with E-state index in [1.54, 1.807) is 0 Å². The average Bonchev–Trinajstić information content (AvgIpc) is 2.42. The number of likely N-dealkylation sites (tertiary alicyclic amines) is 1. The van der Waals surface area contributed by atoms with E-state index in [9.17, 15) is 9.59 Å². The lowest BCUT2D eigenvalue weighted by Crippen LogP contribution is -2.40. The first-order chi connectivity index (χ1) is 9.58. The summed E-state index contributed by atoms with van der Waals surface area (Å²) in [5.41, 5.74) is 1.93. The number of carbonyl (C=O) groups is 2. The van der Waals surface area contributed by atoms with Crippen LogP contribution in [0.15, 0.2) is 18.2 Å². The first kappa shape index (κ1) is 15.4. The number of nitrogens with one attached hydrogen (secondary N) is 1. The predicted octanol–water partition coefficient (Wildman–Crippen LogP) is 2.45. The summed E-state index contributed by atoms with van der Waals surface area (Å²) in [7, 11) is 0. The molecule has 0 spiro atoms. The van der Waals surface area contributed by atoms with E-state index in [0.29, 0.717) is 13.1 Å². The highest BCUT2D eigenvalue weighted by Crippen LogP contribution is 2.18. The van der Waals surface area contributed by atoms with Crippen LogP contribution >= 0.6 is 22.6 Å². The van der Waals surface area contributed by atoms with Crippen LogP contribution in [0.3, 0.4) is 0 Å². The van der Waals surface area contributed by atoms with E-state index in [0.717, 1.165) is 40.5 Å². The first-order valence-corrected chi connectivity index (χ1v) is 7.90. The Kier molecular flexibility index (Phi) is 5.54. The topological polar surface area (TPSA) is 49.4 Å². The standard InChI is InChI=1S/C15H19IN2O2/c1-11-7-13(16)4-5-14(11)17-15(20)9-18-6-2-3-12(8-18)10-19/h4-5,7,10,12H,2-3,6,8-9H2,1H3,(H,17,20). The molecule has 0 radical (unpaired) electrons. The Balaban J connectivity index is 1.90. The number of carbonyl (C=O) groups excluding carboxylic acids is 2. The van der Waals surface area contributed by atoms with Gasteiger partial charge in [0.15, 0.2) is 0 Å². The summed E-state index contributed by atoms with van der Waals surface area (Å²) in [4.78, 5) is 25.0. The number of anilines is 1. The van der Waals surface area contributed by atoms with Crippen molar-refractivity contribution in [3.05, 3.63) is 27.3 Å². The molecule has 0 aromatic heterocycles. The van der Waals surface area contributed by atoms with Gasteiger partial charge in [-0.05, 0) is 72.7 Å². The van der Waals surface area contributed by atoms with Crippen LogP contribution < -0.4 is 5.32 Å². The number of hydrogen-bond donors (Lipinski definition) is 1. The number of rotatable bonds is 4. The molecule has 1 amide bonds. The van der Waals surface area contributed by atoms with E-state index < -0.39 is 0 Å². The van der Waals surface area contributed by atoms with Gasteiger partial charge < -0.3 is 10.1 Å². The molecule has 1 fully saturated rings. The van der Waals surface area contributed by atoms with Crippen LogP contribution in [0, 0.1) is 16.4 Å². The van der Waals surface area contributed by atoms with Crippen LogP contribution in [0.1, 0.15) is 18.4 Å². The molecule has 1 aromatic carbocycles. The van der Waals surface area contributed by atoms with Gasteiger partial charge in [0, 0.05) is 21.7 Å². The van der Waals surface area contributed by atoms with Crippen LogP contribution in [-0.4, -0.2) is 36.7 Å². The highest BCUT2D eigenvalue weighted by atomic mass is 127. The van der Waals surface area contributed by atoms with Crippen molar-refractivity contribution in [1.29, 1.82) is 0 Å². The van der Waals surface area contributed by atoms with Gasteiger partial charge in [-0.2, -0.15) is 0 Å². The van der Waals surface area contributed by atoms with Crippen LogP contribution in [0.4, 0.5) is 5.69 Å². The van der Waals surface area contributed by atoms with Crippen molar-refractivity contribution in [3.8, 4) is 0 Å². The van der Waals surface area contributed by atoms with E-state index in [2.05, 4.69) is 32.8 Å². The number of hydrogen-bond acceptors (Lipinski definition) is 3. The maximum Gasteiger partial charge on any atom is 0.238 e. The van der Waals surface area contributed by atoms with Crippen molar-refractivity contribution in [2.45, 2.75) is 19.8 Å². The number of halogens is 1. The summed E-state index contributed by atoms with van der Waals surface area (Å²) in [5, 5.41) is 2.95. The summed E-state index contributed by atoms with van der Waals surface area (Å²) >= 11 is 2.25. The molecule has 1 N–H and O–H groups in total. The van der Waals surface area contributed by atoms with Gasteiger partial charge >= 0.3 is 0 Å². The van der Waals surface area contributed by atoms with Gasteiger partial charge in [-0.15, -0.1) is 0 Å². The molecule has 0 saturated carbocycles. The molecule has 1 saturated heterocycles. The van der Waals surface area contributed by atoms with E-state index in [4.69, 9.17) is 0 Å². The Morgan fingerprint density at radius 3 is 3.05 bits per heavy atom. The fourth-order valence-corrected chi connectivity index (χ4v) is 3.15. The fraction of sp³-hybridized carbons (Fsp3) is 0.467. The number of piperidine rings is 1. The second kappa shape index (κ2) is 7.17. The summed E-state index contributed by atoms with van der Waals surface area (Å²) < 4.78 is 1.16. The molecule has 0 aliphatic carbocycles. The SMILES string of the molecule is Cc1cc(I)ccc1NC(=O)CN1CCCC(C=O)C1. The van der Waals surface area contributed by atoms with Gasteiger partial charge in [0.05, 0.1) is 6.54 Å². The molecule has 1 aliphatic heterocycles. The minimum absolute atomic E-state index is 0.0131. The quantitative estimate of drug-likeness (QED) is 0.639. The molecule has 1 aliphatic rings. The zero-order valence-electron chi connectivity index (χ0n) is 11.6. The lowest BCUT2D eigenvalue weighted by atomic mass is 10.00. The van der Waals surface area contributed by atoms with Crippen molar-refractivity contribution >= 4 is 40.5 Å². The number of amides is 1. The zero-order valence-corrected chi connectivity index (χ0v) is 13.7. The molecule has 1 atom stereocenters. The molecular weight excluding hydrogens is 367 g/mol. The monoisotopic (exact) mass is 386 g/mol. The molecule has 2 rings (SSSR count). The number of nitrogens with zero attached hydrogens (tertiary/aromatic N) is 1. The molecule has 1 aromatic rings. The van der Waals surface area contributed by atoms with Gasteiger partial charge in [0.1, 0.15) is 6.29 Å². The maximum absolute atomic E-state index is 12.1. The Labute approximate surface area is 133 Å². The van der Waals surface area contributed by atoms with Crippen LogP contribution in [0.2, 0.25) is 0 Å². The van der Waals surface area contributed by atoms with E-state index in [1.165, 1.54) is 0 Å². The van der Waals surface area contributed by atoms with Gasteiger partial charge in [-0.25, -0.2) is 0 Å². The van der Waals surface area contributed by atoms with Crippen molar-refractivity contribution in [1.82, 2.24) is 4.90 Å². The van der Waals surface area contributed by atoms with Crippen LogP contribution in [-0.2, 0) is 9.59 Å². The minimum Gasteiger partial charge on any atom is -0.325 e. The highest BCUT2D eigenvalue weighted by Gasteiger charge is 2.21. The number of aryl methyl sites for hydroxylation is 1. The second-order valence-corrected chi connectivity index (χ2v) is 6.53. The Hall–Kier alpha value is -0.950. The number of aldehydes is 1. The van der Waals surface area contributed by atoms with Crippen molar-refractivity contribution in [3.63, 3.8) is 0 Å². The molecule has 108 valence electrons. The normalized spacial score (nSPS) is 19.6. The molecule has 1 heterocycles. The van der Waals surface area contributed by atoms with Crippen molar-refractivity contribution < 1.29 is 9.59 Å². The largest absolute Gasteiger partial charge is 0.325 e. The van der Waals surface area contributed by atoms with Gasteiger partial charge in [0.25, 0.3) is 0 Å². The zero-order chi connectivity index (χ0) is 14.5. The summed E-state index contributed by atoms with van der Waals surface area (Å²) in [6.07, 6.45) is 2.93. The van der Waals surface area contributed by atoms with Crippen molar-refractivity contribution in [2.75, 3.05) is 25.0 Å². The number of benzene rings is 1. The lowest BCUT2D eigenvalue weighted by molar-refractivity contribution is -0.119. The first-order valence-electron chi connectivity index (χ1n) is 6.82. The third-order valence-corrected chi connectivity index (χ3v) is 4.24. The van der Waals surface area contributed by atoms with E-state index in [-0.39, 0.29) is 11.8 Å². The molecule has 5 heteroatoms. The fourth-order valence-electron chi connectivity index (χ4n) is 2.51. The second-order valence-electron chi connectivity index (χ2n) is 5.28. The lowest BCUT2D eigenvalue weighted by Gasteiger charge is -2.29. The average molecular weight is 386 g/mol. The van der Waals surface area contributed by atoms with E-state index >= 15 is 0 Å². The third-order valence-electron chi connectivity index (χ3n) is 3.56. The summed E-state index contributed by atoms with van der Waals surface area (Å²) in [6, 6.07) is 5.95. The van der Waals surface area contributed by atoms with Gasteiger partial charge in [0.2, 0.25) is 5.91 Å². The predicted molar refractivity (Wildman–Crippen MR) is 87.8 cm³/mol. The highest BCUT2D eigenvalue weighted by molar-refractivity contribution is 14.1. The van der Waals surface area contributed by atoms with Crippen LogP contribution in [0.5, 0.6) is 0 Å². The molecule has 4 nitrogen and oxygen atoms in total. The van der Waals surface area contributed by atoms with Gasteiger partial charge in [-0.3, -0.25) is 9.69 Å². The maximum atomic E-state index is 12.1. The Morgan fingerprint density at radius 2 is 2.35 bits per heavy atom. The van der Waals surface area contributed by atoms with Gasteiger partial charge in [-0.1, -0.05) is 0 Å². The Morgan fingerprint density at radius 1 is 1.55 bits per heavy atom. The smallest absolute Gasteiger partial charge is 0.238 e. The molecule has 0 bridgehead atoms. The van der Waals surface area contributed by atoms with Crippen molar-refractivity contribution in [2.24, 2.45) is 5.92 Å². The summed E-state index contributed by atoms with van der Waals surface area (Å²) in [5.74, 6) is 0.0671.